The molecule has 1 aliphatic rings. The number of esters is 1. The molecule has 32 heavy (non-hydrogen) atoms. The van der Waals surface area contributed by atoms with E-state index in [2.05, 4.69) is 10.3 Å². The molecule has 164 valence electrons. The molecule has 0 saturated carbocycles. The van der Waals surface area contributed by atoms with Gasteiger partial charge in [-0.25, -0.2) is 4.79 Å². The number of hydrogen-bond acceptors (Lipinski definition) is 7. The summed E-state index contributed by atoms with van der Waals surface area (Å²) in [7, 11) is 0. The summed E-state index contributed by atoms with van der Waals surface area (Å²) in [4.78, 5) is 29.2. The Labute approximate surface area is 189 Å². The first-order valence-corrected chi connectivity index (χ1v) is 11.1. The highest BCUT2D eigenvalue weighted by atomic mass is 32.1. The van der Waals surface area contributed by atoms with Gasteiger partial charge in [-0.15, -0.1) is 11.3 Å². The molecule has 7 nitrogen and oxygen atoms in total. The van der Waals surface area contributed by atoms with Gasteiger partial charge in [0.2, 0.25) is 0 Å². The molecule has 2 aromatic heterocycles. The number of ether oxygens (including phenoxy) is 1. The van der Waals surface area contributed by atoms with Gasteiger partial charge in [0.25, 0.3) is 5.70 Å². The second-order valence-corrected chi connectivity index (χ2v) is 8.74. The fourth-order valence-electron chi connectivity index (χ4n) is 4.15. The van der Waals surface area contributed by atoms with Crippen LogP contribution in [-0.4, -0.2) is 22.0 Å². The number of thiophene rings is 1. The zero-order valence-corrected chi connectivity index (χ0v) is 18.8. The van der Waals surface area contributed by atoms with Crippen molar-refractivity contribution in [2.45, 2.75) is 39.2 Å². The molecule has 0 amide bonds. The summed E-state index contributed by atoms with van der Waals surface area (Å²) in [5.41, 5.74) is 2.90. The molecule has 1 aliphatic heterocycles. The van der Waals surface area contributed by atoms with Crippen molar-refractivity contribution in [3.8, 4) is 0 Å². The minimum Gasteiger partial charge on any atom is -0.459 e. The van der Waals surface area contributed by atoms with Crippen LogP contribution in [0.1, 0.15) is 37.8 Å². The third-order valence-electron chi connectivity index (χ3n) is 5.53. The molecule has 0 bridgehead atoms. The Hall–Kier alpha value is -3.52. The summed E-state index contributed by atoms with van der Waals surface area (Å²) in [5, 5.41) is 17.7. The van der Waals surface area contributed by atoms with E-state index in [1.807, 2.05) is 48.7 Å². The van der Waals surface area contributed by atoms with Crippen LogP contribution >= 0.6 is 11.3 Å². The van der Waals surface area contributed by atoms with Crippen molar-refractivity contribution in [1.82, 2.24) is 10.3 Å². The van der Waals surface area contributed by atoms with Crippen molar-refractivity contribution in [3.63, 3.8) is 0 Å². The van der Waals surface area contributed by atoms with Crippen LogP contribution in [0, 0.1) is 10.1 Å². The van der Waals surface area contributed by atoms with Crippen molar-refractivity contribution >= 4 is 27.4 Å². The molecule has 0 aliphatic carbocycles. The zero-order valence-electron chi connectivity index (χ0n) is 18.0. The Kier molecular flexibility index (Phi) is 6.05. The smallest absolute Gasteiger partial charge is 0.337 e. The second kappa shape index (κ2) is 8.92. The van der Waals surface area contributed by atoms with Gasteiger partial charge in [-0.05, 0) is 43.3 Å². The Morgan fingerprint density at radius 1 is 1.25 bits per heavy atom. The van der Waals surface area contributed by atoms with Crippen LogP contribution in [0.15, 0.2) is 76.8 Å². The van der Waals surface area contributed by atoms with Gasteiger partial charge in [-0.1, -0.05) is 30.3 Å². The van der Waals surface area contributed by atoms with Gasteiger partial charge >= 0.3 is 5.97 Å². The molecule has 0 radical (unpaired) electrons. The van der Waals surface area contributed by atoms with Crippen LogP contribution in [0.25, 0.3) is 10.1 Å². The third kappa shape index (κ3) is 4.13. The maximum Gasteiger partial charge on any atom is 0.337 e. The lowest BCUT2D eigenvalue weighted by Gasteiger charge is -2.27. The quantitative estimate of drug-likeness (QED) is 0.325. The number of carbonyl (C=O) groups excluding carboxylic acids is 1. The van der Waals surface area contributed by atoms with Crippen LogP contribution in [0.4, 0.5) is 0 Å². The van der Waals surface area contributed by atoms with E-state index in [1.54, 1.807) is 26.2 Å². The summed E-state index contributed by atoms with van der Waals surface area (Å²) < 4.78 is 6.73. The van der Waals surface area contributed by atoms with Gasteiger partial charge in [0.05, 0.1) is 16.2 Å². The second-order valence-electron chi connectivity index (χ2n) is 7.83. The Balaban J connectivity index is 1.72. The maximum atomic E-state index is 13.3. The van der Waals surface area contributed by atoms with Gasteiger partial charge in [0.15, 0.2) is 0 Å². The van der Waals surface area contributed by atoms with Crippen molar-refractivity contribution < 1.29 is 14.5 Å². The van der Waals surface area contributed by atoms with Crippen molar-refractivity contribution in [2.75, 3.05) is 0 Å². The summed E-state index contributed by atoms with van der Waals surface area (Å²) in [6, 6.07) is 11.6. The normalized spacial score (nSPS) is 17.3. The van der Waals surface area contributed by atoms with Crippen molar-refractivity contribution in [3.05, 3.63) is 98.1 Å². The first-order chi connectivity index (χ1) is 15.4. The molecule has 0 saturated heterocycles. The molecule has 2 atom stereocenters. The lowest BCUT2D eigenvalue weighted by atomic mass is 9.84. The molecule has 3 heterocycles. The highest BCUT2D eigenvalue weighted by Crippen LogP contribution is 2.43. The van der Waals surface area contributed by atoms with Crippen molar-refractivity contribution in [2.24, 2.45) is 0 Å². The Morgan fingerprint density at radius 2 is 2.00 bits per heavy atom. The fraction of sp³-hybridized carbons (Fsp3) is 0.250. The first-order valence-electron chi connectivity index (χ1n) is 10.3. The summed E-state index contributed by atoms with van der Waals surface area (Å²) in [6.07, 6.45) is 3.53. The van der Waals surface area contributed by atoms with E-state index in [9.17, 15) is 14.9 Å². The monoisotopic (exact) mass is 449 g/mol. The number of rotatable bonds is 6. The SMILES string of the molecule is CC1=C(C(=O)OC(C)Cc2ccccc2)C(c2csc3ccncc23)C([N+](=O)[O-])=C(C)N1. The lowest BCUT2D eigenvalue weighted by Crippen LogP contribution is -2.32. The first kappa shape index (κ1) is 21.7. The maximum absolute atomic E-state index is 13.3. The average Bonchev–Trinajstić information content (AvgIpc) is 3.17. The largest absolute Gasteiger partial charge is 0.459 e. The van der Waals surface area contributed by atoms with E-state index >= 15 is 0 Å². The lowest BCUT2D eigenvalue weighted by molar-refractivity contribution is -0.431. The summed E-state index contributed by atoms with van der Waals surface area (Å²) in [6.45, 7) is 5.23. The number of fused-ring (bicyclic) bond motifs is 1. The van der Waals surface area contributed by atoms with Crippen molar-refractivity contribution in [1.29, 1.82) is 0 Å². The Bertz CT molecular complexity index is 1250. The highest BCUT2D eigenvalue weighted by Gasteiger charge is 2.42. The van der Waals surface area contributed by atoms with Crippen LogP contribution in [0.5, 0.6) is 0 Å². The molecule has 0 spiro atoms. The number of pyridine rings is 1. The number of carbonyl (C=O) groups is 1. The van der Waals surface area contributed by atoms with E-state index in [0.717, 1.165) is 15.6 Å². The van der Waals surface area contributed by atoms with Gasteiger partial charge in [0, 0.05) is 34.6 Å². The minimum absolute atomic E-state index is 0.0539. The summed E-state index contributed by atoms with van der Waals surface area (Å²) in [5.74, 6) is -1.40. The number of nitrogens with zero attached hydrogens (tertiary/aromatic N) is 2. The number of dihydropyridines is 1. The van der Waals surface area contributed by atoms with Gasteiger partial charge in [-0.2, -0.15) is 0 Å². The molecular formula is C24H23N3O4S. The number of hydrogen-bond donors (Lipinski definition) is 1. The molecule has 0 fully saturated rings. The van der Waals surface area contributed by atoms with E-state index in [1.165, 1.54) is 11.3 Å². The predicted molar refractivity (Wildman–Crippen MR) is 124 cm³/mol. The van der Waals surface area contributed by atoms with Crippen LogP contribution in [0.2, 0.25) is 0 Å². The van der Waals surface area contributed by atoms with E-state index in [-0.39, 0.29) is 11.3 Å². The van der Waals surface area contributed by atoms with Crippen LogP contribution < -0.4 is 5.32 Å². The van der Waals surface area contributed by atoms with Gasteiger partial charge in [-0.3, -0.25) is 15.1 Å². The number of aromatic nitrogens is 1. The molecule has 3 aromatic rings. The van der Waals surface area contributed by atoms with E-state index in [4.69, 9.17) is 4.74 Å². The average molecular weight is 450 g/mol. The molecule has 2 unspecified atom stereocenters. The molecule has 8 heteroatoms. The third-order valence-corrected chi connectivity index (χ3v) is 6.51. The molecule has 4 rings (SSSR count). The predicted octanol–water partition coefficient (Wildman–Crippen LogP) is 4.94. The van der Waals surface area contributed by atoms with Crippen LogP contribution in [-0.2, 0) is 16.0 Å². The number of nitro groups is 1. The van der Waals surface area contributed by atoms with E-state index < -0.39 is 22.9 Å². The topological polar surface area (TPSA) is 94.4 Å². The molecular weight excluding hydrogens is 426 g/mol. The standard InChI is InChI=1S/C24H23N3O4S/c1-14(11-17-7-5-4-6-8-17)31-24(28)21-15(2)26-16(3)23(27(29)30)22(21)19-13-32-20-9-10-25-12-18(19)20/h4-10,12-14,22,26H,11H2,1-3H3. The van der Waals surface area contributed by atoms with E-state index in [0.29, 0.717) is 23.4 Å². The number of nitrogens with one attached hydrogen (secondary N) is 1. The van der Waals surface area contributed by atoms with Gasteiger partial charge < -0.3 is 10.1 Å². The summed E-state index contributed by atoms with van der Waals surface area (Å²) >= 11 is 1.47. The zero-order chi connectivity index (χ0) is 22.8. The molecule has 1 aromatic carbocycles. The highest BCUT2D eigenvalue weighted by molar-refractivity contribution is 7.17. The Morgan fingerprint density at radius 3 is 2.72 bits per heavy atom. The van der Waals surface area contributed by atoms with Crippen LogP contribution in [0.3, 0.4) is 0 Å². The number of benzene rings is 1. The minimum atomic E-state index is -0.847. The molecule has 1 N–H and O–H groups in total. The fourth-order valence-corrected chi connectivity index (χ4v) is 5.10. The number of allylic oxidation sites excluding steroid dienone is 3. The van der Waals surface area contributed by atoms with Gasteiger partial charge in [0.1, 0.15) is 12.0 Å².